The van der Waals surface area contributed by atoms with Crippen LogP contribution < -0.4 is 0 Å². The van der Waals surface area contributed by atoms with Gasteiger partial charge in [0.2, 0.25) is 0 Å². The summed E-state index contributed by atoms with van der Waals surface area (Å²) in [7, 11) is 0. The summed E-state index contributed by atoms with van der Waals surface area (Å²) in [4.78, 5) is 4.34. The maximum atomic E-state index is 9.32. The highest BCUT2D eigenvalue weighted by atomic mass is 16.3. The van der Waals surface area contributed by atoms with E-state index in [1.165, 1.54) is 0 Å². The molecular weight excluding hydrogens is 214 g/mol. The van der Waals surface area contributed by atoms with Crippen molar-refractivity contribution < 1.29 is 10.2 Å². The second kappa shape index (κ2) is 5.27. The Hall–Kier alpha value is -2.13. The summed E-state index contributed by atoms with van der Waals surface area (Å²) in [5.74, 6) is 0.203. The lowest BCUT2D eigenvalue weighted by Crippen LogP contribution is -2.05. The Balaban J connectivity index is 2.33. The summed E-state index contributed by atoms with van der Waals surface area (Å²) in [5, 5.41) is 18.5. The molecule has 17 heavy (non-hydrogen) atoms. The van der Waals surface area contributed by atoms with Crippen LogP contribution in [-0.2, 0) is 0 Å². The number of nitrogens with zero attached hydrogens (tertiary/aromatic N) is 1. The molecule has 0 saturated heterocycles. The van der Waals surface area contributed by atoms with Crippen molar-refractivity contribution >= 4 is 11.4 Å². The predicted octanol–water partition coefficient (Wildman–Crippen LogP) is 2.51. The first kappa shape index (κ1) is 11.4. The Bertz CT molecular complexity index is 504. The van der Waals surface area contributed by atoms with Crippen LogP contribution >= 0.6 is 0 Å². The standard InChI is InChI=1S/C14H13NO2/c16-10-14(11-4-2-1-3-5-11)15-12-6-8-13(17)9-7-12/h1-9,16-17H,10H2. The molecule has 0 fully saturated rings. The van der Waals surface area contributed by atoms with Crippen molar-refractivity contribution in [2.24, 2.45) is 4.99 Å². The molecule has 0 heterocycles. The number of aliphatic imine (C=N–C) groups is 1. The molecule has 2 aromatic carbocycles. The first-order chi connectivity index (χ1) is 8.29. The molecule has 0 aliphatic heterocycles. The quantitative estimate of drug-likeness (QED) is 0.791. The number of phenols is 1. The van der Waals surface area contributed by atoms with Gasteiger partial charge >= 0.3 is 0 Å². The van der Waals surface area contributed by atoms with Crippen molar-refractivity contribution in [3.8, 4) is 5.75 Å². The number of hydrogen-bond donors (Lipinski definition) is 2. The normalized spacial score (nSPS) is 11.5. The zero-order valence-corrected chi connectivity index (χ0v) is 9.24. The lowest BCUT2D eigenvalue weighted by Gasteiger charge is -2.03. The zero-order valence-electron chi connectivity index (χ0n) is 9.24. The van der Waals surface area contributed by atoms with Gasteiger partial charge in [-0.05, 0) is 29.8 Å². The molecule has 2 rings (SSSR count). The third-order valence-corrected chi connectivity index (χ3v) is 2.37. The van der Waals surface area contributed by atoms with Crippen molar-refractivity contribution in [3.05, 3.63) is 60.2 Å². The number of aliphatic hydroxyl groups is 1. The predicted molar refractivity (Wildman–Crippen MR) is 67.8 cm³/mol. The molecule has 0 aliphatic rings. The molecular formula is C14H13NO2. The highest BCUT2D eigenvalue weighted by molar-refractivity contribution is 6.02. The van der Waals surface area contributed by atoms with Gasteiger partial charge in [-0.25, -0.2) is 0 Å². The molecule has 3 heteroatoms. The fraction of sp³-hybridized carbons (Fsp3) is 0.0714. The SMILES string of the molecule is OCC(=Nc1ccc(O)cc1)c1ccccc1. The molecule has 3 nitrogen and oxygen atoms in total. The van der Waals surface area contributed by atoms with Gasteiger partial charge in [0.05, 0.1) is 18.0 Å². The van der Waals surface area contributed by atoms with Gasteiger partial charge in [-0.2, -0.15) is 0 Å². The third kappa shape index (κ3) is 2.92. The van der Waals surface area contributed by atoms with Gasteiger partial charge in [0, 0.05) is 0 Å². The van der Waals surface area contributed by atoms with Crippen LogP contribution in [0.3, 0.4) is 0 Å². The molecule has 0 aromatic heterocycles. The molecule has 0 unspecified atom stereocenters. The summed E-state index contributed by atoms with van der Waals surface area (Å²) in [6, 6.07) is 16.1. The monoisotopic (exact) mass is 227 g/mol. The largest absolute Gasteiger partial charge is 0.508 e. The smallest absolute Gasteiger partial charge is 0.115 e. The molecule has 0 aliphatic carbocycles. The first-order valence-corrected chi connectivity index (χ1v) is 5.32. The molecule has 0 radical (unpaired) electrons. The molecule has 86 valence electrons. The van der Waals surface area contributed by atoms with Gasteiger partial charge in [0.15, 0.2) is 0 Å². The van der Waals surface area contributed by atoms with Crippen LogP contribution in [0.25, 0.3) is 0 Å². The number of rotatable bonds is 3. The van der Waals surface area contributed by atoms with E-state index in [4.69, 9.17) is 5.11 Å². The molecule has 0 bridgehead atoms. The van der Waals surface area contributed by atoms with Crippen LogP contribution in [0.2, 0.25) is 0 Å². The zero-order chi connectivity index (χ0) is 12.1. The molecule has 0 atom stereocenters. The Kier molecular flexibility index (Phi) is 3.52. The van der Waals surface area contributed by atoms with Crippen LogP contribution in [0.4, 0.5) is 5.69 Å². The summed E-state index contributed by atoms with van der Waals surface area (Å²) in [6.07, 6.45) is 0. The Labute approximate surface area is 99.7 Å². The van der Waals surface area contributed by atoms with E-state index in [0.29, 0.717) is 11.4 Å². The third-order valence-electron chi connectivity index (χ3n) is 2.37. The number of aromatic hydroxyl groups is 1. The van der Waals surface area contributed by atoms with E-state index in [0.717, 1.165) is 5.56 Å². The van der Waals surface area contributed by atoms with Gasteiger partial charge in [0.25, 0.3) is 0 Å². The molecule has 2 aromatic rings. The molecule has 0 saturated carbocycles. The van der Waals surface area contributed by atoms with Crippen molar-refractivity contribution in [2.75, 3.05) is 6.61 Å². The van der Waals surface area contributed by atoms with Crippen LogP contribution in [0.15, 0.2) is 59.6 Å². The number of phenolic OH excluding ortho intramolecular Hbond substituents is 1. The van der Waals surface area contributed by atoms with Crippen LogP contribution in [0.1, 0.15) is 5.56 Å². The second-order valence-corrected chi connectivity index (χ2v) is 3.60. The first-order valence-electron chi connectivity index (χ1n) is 5.32. The van der Waals surface area contributed by atoms with Crippen molar-refractivity contribution in [3.63, 3.8) is 0 Å². The summed E-state index contributed by atoms with van der Waals surface area (Å²) in [5.41, 5.74) is 2.20. The number of aliphatic hydroxyl groups excluding tert-OH is 1. The number of hydrogen-bond acceptors (Lipinski definition) is 3. The van der Waals surface area contributed by atoms with Crippen LogP contribution in [0, 0.1) is 0 Å². The highest BCUT2D eigenvalue weighted by Gasteiger charge is 2.01. The fourth-order valence-corrected chi connectivity index (χ4v) is 1.50. The number of benzene rings is 2. The van der Waals surface area contributed by atoms with Crippen molar-refractivity contribution in [1.29, 1.82) is 0 Å². The van der Waals surface area contributed by atoms with E-state index < -0.39 is 0 Å². The maximum absolute atomic E-state index is 9.32. The van der Waals surface area contributed by atoms with Crippen molar-refractivity contribution in [1.82, 2.24) is 0 Å². The van der Waals surface area contributed by atoms with E-state index in [-0.39, 0.29) is 12.4 Å². The van der Waals surface area contributed by atoms with Gasteiger partial charge in [-0.3, -0.25) is 4.99 Å². The Morgan fingerprint density at radius 3 is 2.18 bits per heavy atom. The van der Waals surface area contributed by atoms with Gasteiger partial charge in [-0.15, -0.1) is 0 Å². The molecule has 0 spiro atoms. The maximum Gasteiger partial charge on any atom is 0.115 e. The highest BCUT2D eigenvalue weighted by Crippen LogP contribution is 2.18. The molecule has 2 N–H and O–H groups in total. The van der Waals surface area contributed by atoms with Crippen LogP contribution in [0.5, 0.6) is 5.75 Å². The molecule has 0 amide bonds. The minimum Gasteiger partial charge on any atom is -0.508 e. The summed E-state index contributed by atoms with van der Waals surface area (Å²) < 4.78 is 0. The van der Waals surface area contributed by atoms with E-state index in [2.05, 4.69) is 4.99 Å². The van der Waals surface area contributed by atoms with E-state index in [9.17, 15) is 5.11 Å². The lowest BCUT2D eigenvalue weighted by atomic mass is 10.1. The van der Waals surface area contributed by atoms with E-state index >= 15 is 0 Å². The summed E-state index contributed by atoms with van der Waals surface area (Å²) in [6.45, 7) is -0.120. The minimum absolute atomic E-state index is 0.120. The second-order valence-electron chi connectivity index (χ2n) is 3.60. The fourth-order valence-electron chi connectivity index (χ4n) is 1.50. The Morgan fingerprint density at radius 2 is 1.59 bits per heavy atom. The van der Waals surface area contributed by atoms with Crippen LogP contribution in [-0.4, -0.2) is 22.5 Å². The lowest BCUT2D eigenvalue weighted by molar-refractivity contribution is 0.358. The minimum atomic E-state index is -0.120. The summed E-state index contributed by atoms with van der Waals surface area (Å²) >= 11 is 0. The van der Waals surface area contributed by atoms with Gasteiger partial charge < -0.3 is 10.2 Å². The topological polar surface area (TPSA) is 52.8 Å². The Morgan fingerprint density at radius 1 is 0.941 bits per heavy atom. The average molecular weight is 227 g/mol. The van der Waals surface area contributed by atoms with E-state index in [1.807, 2.05) is 30.3 Å². The van der Waals surface area contributed by atoms with E-state index in [1.54, 1.807) is 24.3 Å². The van der Waals surface area contributed by atoms with Gasteiger partial charge in [0.1, 0.15) is 5.75 Å². The van der Waals surface area contributed by atoms with Gasteiger partial charge in [-0.1, -0.05) is 30.3 Å². The van der Waals surface area contributed by atoms with Crippen molar-refractivity contribution in [2.45, 2.75) is 0 Å². The average Bonchev–Trinajstić information content (AvgIpc) is 2.39.